The Bertz CT molecular complexity index is 725. The lowest BCUT2D eigenvalue weighted by atomic mass is 9.67. The fourth-order valence-electron chi connectivity index (χ4n) is 5.77. The molecule has 5 heteroatoms. The van der Waals surface area contributed by atoms with Gasteiger partial charge < -0.3 is 14.2 Å². The summed E-state index contributed by atoms with van der Waals surface area (Å²) < 4.78 is 17.9. The molecule has 0 radical (unpaired) electrons. The van der Waals surface area contributed by atoms with Gasteiger partial charge in [-0.25, -0.2) is 0 Å². The van der Waals surface area contributed by atoms with Crippen LogP contribution in [0.5, 0.6) is 0 Å². The van der Waals surface area contributed by atoms with Crippen LogP contribution in [0.15, 0.2) is 23.8 Å². The van der Waals surface area contributed by atoms with E-state index in [4.69, 9.17) is 14.2 Å². The average Bonchev–Trinajstić information content (AvgIpc) is 3.07. The quantitative estimate of drug-likeness (QED) is 0.386. The Morgan fingerprint density at radius 2 is 1.79 bits per heavy atom. The zero-order valence-electron chi connectivity index (χ0n) is 18.7. The van der Waals surface area contributed by atoms with Crippen molar-refractivity contribution in [1.82, 2.24) is 0 Å². The van der Waals surface area contributed by atoms with Crippen molar-refractivity contribution in [2.75, 3.05) is 0 Å². The number of ether oxygens (including phenoxy) is 3. The van der Waals surface area contributed by atoms with Crippen LogP contribution in [-0.4, -0.2) is 35.9 Å². The summed E-state index contributed by atoms with van der Waals surface area (Å²) in [5.74, 6) is -0.347. The maximum atomic E-state index is 12.1. The van der Waals surface area contributed by atoms with Crippen LogP contribution in [-0.2, 0) is 23.8 Å². The molecule has 1 aliphatic heterocycles. The number of esters is 2. The van der Waals surface area contributed by atoms with Crippen LogP contribution >= 0.6 is 0 Å². The zero-order chi connectivity index (χ0) is 21.6. The molecule has 3 rings (SSSR count). The van der Waals surface area contributed by atoms with Crippen molar-refractivity contribution >= 4 is 11.9 Å². The molecule has 7 unspecified atom stereocenters. The van der Waals surface area contributed by atoms with E-state index in [-0.39, 0.29) is 53.1 Å². The molecular weight excluding hydrogens is 368 g/mol. The highest BCUT2D eigenvalue weighted by Gasteiger charge is 2.60. The van der Waals surface area contributed by atoms with E-state index in [2.05, 4.69) is 33.4 Å². The van der Waals surface area contributed by atoms with Crippen molar-refractivity contribution in [3.8, 4) is 0 Å². The highest BCUT2D eigenvalue weighted by molar-refractivity contribution is 5.67. The van der Waals surface area contributed by atoms with E-state index < -0.39 is 0 Å². The highest BCUT2D eigenvalue weighted by Crippen LogP contribution is 2.57. The molecule has 3 aliphatic rings. The molecule has 0 N–H and O–H groups in total. The predicted molar refractivity (Wildman–Crippen MR) is 111 cm³/mol. The Labute approximate surface area is 174 Å². The normalized spacial score (nSPS) is 41.9. The Balaban J connectivity index is 2.10. The highest BCUT2D eigenvalue weighted by atomic mass is 16.6. The molecule has 0 aromatic heterocycles. The number of hydrogen-bond acceptors (Lipinski definition) is 5. The third kappa shape index (κ3) is 4.45. The van der Waals surface area contributed by atoms with Crippen molar-refractivity contribution in [2.24, 2.45) is 17.3 Å². The molecule has 1 heterocycles. The predicted octanol–water partition coefficient (Wildman–Crippen LogP) is 4.75. The van der Waals surface area contributed by atoms with Gasteiger partial charge in [-0.15, -0.1) is 0 Å². The van der Waals surface area contributed by atoms with E-state index in [1.807, 2.05) is 6.92 Å². The van der Waals surface area contributed by atoms with E-state index in [1.165, 1.54) is 19.4 Å². The van der Waals surface area contributed by atoms with Crippen molar-refractivity contribution in [3.63, 3.8) is 0 Å². The fraction of sp³-hybridized carbons (Fsp3) is 0.750. The van der Waals surface area contributed by atoms with Gasteiger partial charge in [-0.2, -0.15) is 0 Å². The Morgan fingerprint density at radius 3 is 2.38 bits per heavy atom. The van der Waals surface area contributed by atoms with Crippen molar-refractivity contribution < 1.29 is 23.8 Å². The SMILES string of the molecule is C=C(C)C1CCC2(C)C(OC(C)=O)C=C(C)CCC3OC3(C)CC(OC(C)=O)C12. The molecule has 5 nitrogen and oxygen atoms in total. The maximum Gasteiger partial charge on any atom is 0.303 e. The second-order valence-corrected chi connectivity index (χ2v) is 9.88. The topological polar surface area (TPSA) is 65.1 Å². The van der Waals surface area contributed by atoms with E-state index in [1.54, 1.807) is 0 Å². The first-order chi connectivity index (χ1) is 13.5. The molecular formula is C24H36O5. The summed E-state index contributed by atoms with van der Waals surface area (Å²) in [6, 6.07) is 0. The summed E-state index contributed by atoms with van der Waals surface area (Å²) in [5.41, 5.74) is 1.68. The lowest BCUT2D eigenvalue weighted by Gasteiger charge is -2.43. The summed E-state index contributed by atoms with van der Waals surface area (Å²) in [6.07, 6.45) is 5.94. The molecule has 2 aliphatic carbocycles. The second kappa shape index (κ2) is 7.90. The van der Waals surface area contributed by atoms with Crippen LogP contribution in [0, 0.1) is 17.3 Å². The zero-order valence-corrected chi connectivity index (χ0v) is 18.7. The van der Waals surface area contributed by atoms with E-state index in [0.717, 1.165) is 31.3 Å². The van der Waals surface area contributed by atoms with Crippen LogP contribution in [0.4, 0.5) is 0 Å². The molecule has 0 amide bonds. The Morgan fingerprint density at radius 1 is 1.14 bits per heavy atom. The molecule has 0 spiro atoms. The third-order valence-electron chi connectivity index (χ3n) is 7.36. The van der Waals surface area contributed by atoms with Gasteiger partial charge >= 0.3 is 11.9 Å². The van der Waals surface area contributed by atoms with Gasteiger partial charge in [0.05, 0.1) is 11.7 Å². The van der Waals surface area contributed by atoms with Crippen molar-refractivity contribution in [2.45, 2.75) is 97.6 Å². The number of hydrogen-bond donors (Lipinski definition) is 0. The van der Waals surface area contributed by atoms with Crippen LogP contribution in [0.1, 0.15) is 73.6 Å². The van der Waals surface area contributed by atoms with Gasteiger partial charge in [0.25, 0.3) is 0 Å². The number of rotatable bonds is 3. The number of carbonyl (C=O) groups is 2. The molecule has 0 bridgehead atoms. The summed E-state index contributed by atoms with van der Waals surface area (Å²) >= 11 is 0. The molecule has 7 atom stereocenters. The smallest absolute Gasteiger partial charge is 0.303 e. The van der Waals surface area contributed by atoms with Crippen molar-refractivity contribution in [3.05, 3.63) is 23.8 Å². The van der Waals surface area contributed by atoms with Crippen LogP contribution in [0.3, 0.4) is 0 Å². The minimum Gasteiger partial charge on any atom is -0.462 e. The summed E-state index contributed by atoms with van der Waals surface area (Å²) in [5, 5.41) is 0. The first kappa shape index (κ1) is 22.1. The number of carbonyl (C=O) groups excluding carboxylic acids is 2. The standard InChI is InChI=1S/C24H36O5/c1-14(2)18-10-11-23(6)21(28-17(5)26)12-15(3)8-9-20-24(7,29-20)13-19(22(18)23)27-16(4)25/h12,18-22H,1,8-11,13H2,2-7H3. The Kier molecular flexibility index (Phi) is 6.01. The van der Waals surface area contributed by atoms with E-state index in [9.17, 15) is 9.59 Å². The minimum atomic E-state index is -0.351. The number of epoxide rings is 1. The molecule has 0 aromatic carbocycles. The van der Waals surface area contributed by atoms with E-state index >= 15 is 0 Å². The van der Waals surface area contributed by atoms with Gasteiger partial charge in [0, 0.05) is 31.6 Å². The van der Waals surface area contributed by atoms with E-state index in [0.29, 0.717) is 6.42 Å². The van der Waals surface area contributed by atoms with Gasteiger partial charge in [0.2, 0.25) is 0 Å². The minimum absolute atomic E-state index is 0.0112. The van der Waals surface area contributed by atoms with Gasteiger partial charge in [0.15, 0.2) is 0 Å². The second-order valence-electron chi connectivity index (χ2n) is 9.88. The molecule has 2 fully saturated rings. The monoisotopic (exact) mass is 404 g/mol. The molecule has 29 heavy (non-hydrogen) atoms. The molecule has 162 valence electrons. The molecule has 1 saturated heterocycles. The largest absolute Gasteiger partial charge is 0.462 e. The number of allylic oxidation sites excluding steroid dienone is 2. The van der Waals surface area contributed by atoms with Crippen LogP contribution < -0.4 is 0 Å². The van der Waals surface area contributed by atoms with Crippen LogP contribution in [0.2, 0.25) is 0 Å². The lowest BCUT2D eigenvalue weighted by Crippen LogP contribution is -2.47. The summed E-state index contributed by atoms with van der Waals surface area (Å²) in [6.45, 7) is 15.6. The fourth-order valence-corrected chi connectivity index (χ4v) is 5.77. The van der Waals surface area contributed by atoms with Crippen molar-refractivity contribution in [1.29, 1.82) is 0 Å². The lowest BCUT2D eigenvalue weighted by molar-refractivity contribution is -0.163. The number of fused-ring (bicyclic) bond motifs is 2. The van der Waals surface area contributed by atoms with Gasteiger partial charge in [-0.1, -0.05) is 24.6 Å². The summed E-state index contributed by atoms with van der Waals surface area (Å²) in [4.78, 5) is 24.0. The van der Waals surface area contributed by atoms with Gasteiger partial charge in [-0.3, -0.25) is 9.59 Å². The third-order valence-corrected chi connectivity index (χ3v) is 7.36. The first-order valence-corrected chi connectivity index (χ1v) is 10.8. The molecule has 0 aromatic rings. The maximum absolute atomic E-state index is 12.1. The van der Waals surface area contributed by atoms with Gasteiger partial charge in [0.1, 0.15) is 12.2 Å². The average molecular weight is 405 g/mol. The Hall–Kier alpha value is -1.62. The van der Waals surface area contributed by atoms with Crippen LogP contribution in [0.25, 0.3) is 0 Å². The first-order valence-electron chi connectivity index (χ1n) is 10.8. The molecule has 1 saturated carbocycles. The summed E-state index contributed by atoms with van der Waals surface area (Å²) in [7, 11) is 0. The van der Waals surface area contributed by atoms with Gasteiger partial charge in [-0.05, 0) is 58.4 Å².